The van der Waals surface area contributed by atoms with Crippen LogP contribution in [-0.2, 0) is 14.3 Å². The number of methoxy groups -OCH3 is 1. The van der Waals surface area contributed by atoms with E-state index in [1.807, 2.05) is 41.4 Å². The number of alkyl halides is 1. The minimum Gasteiger partial charge on any atom is -0.453 e. The fourth-order valence-corrected chi connectivity index (χ4v) is 7.98. The fraction of sp³-hybridized carbons (Fsp3) is 0.341. The van der Waals surface area contributed by atoms with Gasteiger partial charge in [-0.3, -0.25) is 9.59 Å². The first-order chi connectivity index (χ1) is 26.4. The SMILES string of the molecule is COC(=O)N[C@@H](C(=O)N1CCC[C@H]1c1ncc(-c2ccc(-c3ccc(-c4cnc([C@@H]5CCCN5C(=O)[C@@H]5C[C@H](F)CN5)[nH]4)cc3)cc2)[nH]1)c1ccccc1. The lowest BCUT2D eigenvalue weighted by Crippen LogP contribution is -2.43. The number of aromatic amines is 2. The van der Waals surface area contributed by atoms with Crippen LogP contribution in [0, 0.1) is 0 Å². The lowest BCUT2D eigenvalue weighted by atomic mass is 10.0. The highest BCUT2D eigenvalue weighted by atomic mass is 19.1. The van der Waals surface area contributed by atoms with Crippen molar-refractivity contribution in [3.63, 3.8) is 0 Å². The number of ether oxygens (including phenoxy) is 1. The molecule has 3 amide bonds. The Balaban J connectivity index is 0.925. The molecule has 3 fully saturated rings. The minimum absolute atomic E-state index is 0.0463. The van der Waals surface area contributed by atoms with E-state index < -0.39 is 24.3 Å². The highest BCUT2D eigenvalue weighted by molar-refractivity contribution is 5.87. The van der Waals surface area contributed by atoms with Gasteiger partial charge in [0.2, 0.25) is 5.91 Å². The van der Waals surface area contributed by atoms with Gasteiger partial charge in [-0.1, -0.05) is 78.9 Å². The molecular weight excluding hydrogens is 688 g/mol. The summed E-state index contributed by atoms with van der Waals surface area (Å²) in [6, 6.07) is 24.0. The Kier molecular flexibility index (Phi) is 9.96. The molecule has 0 bridgehead atoms. The molecule has 13 heteroatoms. The molecule has 278 valence electrons. The number of benzene rings is 3. The summed E-state index contributed by atoms with van der Waals surface area (Å²) < 4.78 is 18.6. The van der Waals surface area contributed by atoms with Crippen molar-refractivity contribution < 1.29 is 23.5 Å². The lowest BCUT2D eigenvalue weighted by Gasteiger charge is -2.28. The first kappa shape index (κ1) is 35.2. The molecule has 54 heavy (non-hydrogen) atoms. The molecule has 3 saturated heterocycles. The van der Waals surface area contributed by atoms with E-state index in [9.17, 15) is 18.8 Å². The molecule has 5 heterocycles. The summed E-state index contributed by atoms with van der Waals surface area (Å²) in [5, 5.41) is 5.73. The topological polar surface area (TPSA) is 148 Å². The van der Waals surface area contributed by atoms with Crippen molar-refractivity contribution in [3.05, 3.63) is 108 Å². The van der Waals surface area contributed by atoms with Crippen molar-refractivity contribution in [2.24, 2.45) is 0 Å². The Morgan fingerprint density at radius 2 is 1.31 bits per heavy atom. The number of alkyl carbamates (subject to hydrolysis) is 1. The van der Waals surface area contributed by atoms with Crippen molar-refractivity contribution >= 4 is 17.9 Å². The van der Waals surface area contributed by atoms with Crippen LogP contribution in [0.3, 0.4) is 0 Å². The maximum Gasteiger partial charge on any atom is 0.407 e. The third kappa shape index (κ3) is 7.11. The predicted octanol–water partition coefficient (Wildman–Crippen LogP) is 6.26. The van der Waals surface area contributed by atoms with E-state index in [0.29, 0.717) is 24.5 Å². The van der Waals surface area contributed by atoms with Gasteiger partial charge in [0.25, 0.3) is 5.91 Å². The normalized spacial score (nSPS) is 21.7. The van der Waals surface area contributed by atoms with Gasteiger partial charge in [-0.25, -0.2) is 19.2 Å². The van der Waals surface area contributed by atoms with Gasteiger partial charge in [0.15, 0.2) is 0 Å². The van der Waals surface area contributed by atoms with Gasteiger partial charge in [-0.05, 0) is 53.5 Å². The molecule has 3 aliphatic heterocycles. The van der Waals surface area contributed by atoms with Gasteiger partial charge in [-0.15, -0.1) is 0 Å². The zero-order valence-electron chi connectivity index (χ0n) is 30.0. The van der Waals surface area contributed by atoms with Crippen LogP contribution in [0.4, 0.5) is 9.18 Å². The highest BCUT2D eigenvalue weighted by Crippen LogP contribution is 2.36. The van der Waals surface area contributed by atoms with Crippen molar-refractivity contribution in [3.8, 4) is 33.6 Å². The monoisotopic (exact) mass is 730 g/mol. The molecule has 5 aromatic rings. The largest absolute Gasteiger partial charge is 0.453 e. The van der Waals surface area contributed by atoms with Gasteiger partial charge < -0.3 is 35.1 Å². The van der Waals surface area contributed by atoms with Crippen LogP contribution >= 0.6 is 0 Å². The van der Waals surface area contributed by atoms with Crippen LogP contribution in [0.2, 0.25) is 0 Å². The smallest absolute Gasteiger partial charge is 0.407 e. The Hall–Kier alpha value is -5.82. The molecule has 0 saturated carbocycles. The zero-order valence-corrected chi connectivity index (χ0v) is 30.0. The molecule has 12 nitrogen and oxygen atoms in total. The molecular formula is C41H43FN8O4. The number of aromatic nitrogens is 4. The lowest BCUT2D eigenvalue weighted by molar-refractivity contribution is -0.135. The average molecular weight is 731 g/mol. The van der Waals surface area contributed by atoms with E-state index in [-0.39, 0.29) is 36.9 Å². The number of hydrogen-bond acceptors (Lipinski definition) is 7. The standard InChI is InChI=1S/C41H43FN8O4/c1-54-41(53)48-36(29-7-3-2-4-8-29)40(52)50-20-6-10-35(50)38-45-24-33(47-38)28-17-13-26(14-18-28)25-11-15-27(16-12-25)32-23-44-37(46-32)34-9-5-19-49(34)39(51)31-21-30(42)22-43-31/h2-4,7-8,11-18,23-24,30-31,34-36,43H,5-6,9-10,19-22H2,1H3,(H,44,46)(H,45,47)(H,48,53)/t30-,31-,34-,35-,36+/m0/s1. The van der Waals surface area contributed by atoms with E-state index >= 15 is 0 Å². The number of carbonyl (C=O) groups excluding carboxylic acids is 3. The van der Waals surface area contributed by atoms with Crippen LogP contribution in [-0.4, -0.2) is 86.6 Å². The van der Waals surface area contributed by atoms with Gasteiger partial charge >= 0.3 is 6.09 Å². The zero-order chi connectivity index (χ0) is 37.2. The van der Waals surface area contributed by atoms with Crippen LogP contribution in [0.1, 0.15) is 67.4 Å². The molecule has 0 aliphatic carbocycles. The van der Waals surface area contributed by atoms with Crippen LogP contribution in [0.5, 0.6) is 0 Å². The van der Waals surface area contributed by atoms with Crippen molar-refractivity contribution in [1.29, 1.82) is 0 Å². The number of imidazole rings is 2. The number of carbonyl (C=O) groups is 3. The number of halogens is 1. The number of nitrogens with one attached hydrogen (secondary N) is 4. The molecule has 5 atom stereocenters. The second-order valence-corrected chi connectivity index (χ2v) is 14.2. The van der Waals surface area contributed by atoms with E-state index in [2.05, 4.69) is 74.1 Å². The Morgan fingerprint density at radius 3 is 1.85 bits per heavy atom. The van der Waals surface area contributed by atoms with Gasteiger partial charge in [-0.2, -0.15) is 0 Å². The van der Waals surface area contributed by atoms with E-state index in [4.69, 9.17) is 9.72 Å². The van der Waals surface area contributed by atoms with Gasteiger partial charge in [0.1, 0.15) is 23.9 Å². The highest BCUT2D eigenvalue weighted by Gasteiger charge is 2.39. The van der Waals surface area contributed by atoms with Crippen molar-refractivity contribution in [1.82, 2.24) is 40.4 Å². The summed E-state index contributed by atoms with van der Waals surface area (Å²) in [4.78, 5) is 59.0. The minimum atomic E-state index is -0.978. The molecule has 8 rings (SSSR count). The van der Waals surface area contributed by atoms with E-state index in [1.165, 1.54) is 7.11 Å². The number of amides is 3. The molecule has 3 aliphatic rings. The molecule has 0 spiro atoms. The maximum absolute atomic E-state index is 13.9. The number of nitrogens with zero attached hydrogens (tertiary/aromatic N) is 4. The molecule has 0 radical (unpaired) electrons. The Labute approximate surface area is 312 Å². The van der Waals surface area contributed by atoms with E-state index in [1.54, 1.807) is 11.1 Å². The first-order valence-corrected chi connectivity index (χ1v) is 18.5. The summed E-state index contributed by atoms with van der Waals surface area (Å²) in [6.07, 6.45) is 5.48. The molecule has 2 aromatic heterocycles. The predicted molar refractivity (Wildman–Crippen MR) is 200 cm³/mol. The number of hydrogen-bond donors (Lipinski definition) is 4. The molecule has 0 unspecified atom stereocenters. The van der Waals surface area contributed by atoms with Crippen LogP contribution in [0.25, 0.3) is 33.6 Å². The number of rotatable bonds is 9. The second-order valence-electron chi connectivity index (χ2n) is 14.2. The maximum atomic E-state index is 13.9. The van der Waals surface area contributed by atoms with Crippen LogP contribution < -0.4 is 10.6 Å². The fourth-order valence-electron chi connectivity index (χ4n) is 7.98. The Bertz CT molecular complexity index is 2100. The summed E-state index contributed by atoms with van der Waals surface area (Å²) in [6.45, 7) is 1.44. The number of likely N-dealkylation sites (tertiary alicyclic amines) is 2. The molecule has 3 aromatic carbocycles. The number of H-pyrrole nitrogens is 2. The van der Waals surface area contributed by atoms with Crippen molar-refractivity contribution in [2.75, 3.05) is 26.7 Å². The summed E-state index contributed by atoms with van der Waals surface area (Å²) >= 11 is 0. The summed E-state index contributed by atoms with van der Waals surface area (Å²) in [7, 11) is 1.28. The Morgan fingerprint density at radius 1 is 0.778 bits per heavy atom. The van der Waals surface area contributed by atoms with E-state index in [0.717, 1.165) is 65.1 Å². The van der Waals surface area contributed by atoms with Gasteiger partial charge in [0, 0.05) is 26.1 Å². The van der Waals surface area contributed by atoms with Crippen molar-refractivity contribution in [2.45, 2.75) is 62.4 Å². The van der Waals surface area contributed by atoms with Crippen LogP contribution in [0.15, 0.2) is 91.3 Å². The third-order valence-electron chi connectivity index (χ3n) is 10.8. The quantitative estimate of drug-likeness (QED) is 0.140. The average Bonchev–Trinajstić information content (AvgIpc) is 4.07. The third-order valence-corrected chi connectivity index (χ3v) is 10.8. The summed E-state index contributed by atoms with van der Waals surface area (Å²) in [5.41, 5.74) is 6.49. The second kappa shape index (κ2) is 15.3. The summed E-state index contributed by atoms with van der Waals surface area (Å²) in [5.74, 6) is 1.20. The molecule has 4 N–H and O–H groups in total. The van der Waals surface area contributed by atoms with Gasteiger partial charge in [0.05, 0.1) is 49.0 Å². The first-order valence-electron chi connectivity index (χ1n) is 18.5.